The summed E-state index contributed by atoms with van der Waals surface area (Å²) in [5, 5.41) is 8.25. The number of anilines is 1. The molecule has 0 atom stereocenters. The van der Waals surface area contributed by atoms with Crippen LogP contribution in [0.1, 0.15) is 64.9 Å². The van der Waals surface area contributed by atoms with Crippen molar-refractivity contribution in [2.75, 3.05) is 11.9 Å². The first kappa shape index (κ1) is 24.4. The first-order valence-electron chi connectivity index (χ1n) is 11.0. The molecule has 1 aromatic carbocycles. The molecule has 1 aliphatic rings. The molecule has 2 rings (SSSR count). The molecule has 7 heteroatoms. The molecule has 0 unspecified atom stereocenters. The van der Waals surface area contributed by atoms with E-state index < -0.39 is 11.7 Å². The largest absolute Gasteiger partial charge is 0.444 e. The topological polar surface area (TPSA) is 96.5 Å². The van der Waals surface area contributed by atoms with Gasteiger partial charge in [0.2, 0.25) is 11.8 Å². The van der Waals surface area contributed by atoms with Crippen molar-refractivity contribution in [1.82, 2.24) is 10.6 Å². The molecule has 3 amide bonds. The third kappa shape index (κ3) is 10.7. The highest BCUT2D eigenvalue weighted by Gasteiger charge is 2.16. The zero-order chi connectivity index (χ0) is 22.7. The summed E-state index contributed by atoms with van der Waals surface area (Å²) in [6.45, 7) is 5.88. The number of amides is 3. The van der Waals surface area contributed by atoms with Crippen LogP contribution in [0.5, 0.6) is 0 Å². The fourth-order valence-electron chi connectivity index (χ4n) is 3.37. The Bertz CT molecular complexity index is 777. The van der Waals surface area contributed by atoms with Crippen LogP contribution in [0.15, 0.2) is 36.4 Å². The molecule has 1 aromatic rings. The molecule has 0 aliphatic heterocycles. The maximum absolute atomic E-state index is 12.2. The van der Waals surface area contributed by atoms with Gasteiger partial charge in [-0.2, -0.15) is 0 Å². The Hall–Kier alpha value is -2.83. The third-order valence-electron chi connectivity index (χ3n) is 4.87. The summed E-state index contributed by atoms with van der Waals surface area (Å²) in [5.41, 5.74) is 0.998. The zero-order valence-electron chi connectivity index (χ0n) is 18.8. The Morgan fingerprint density at radius 3 is 2.55 bits per heavy atom. The molecule has 1 fully saturated rings. The first-order valence-corrected chi connectivity index (χ1v) is 11.0. The molecule has 0 heterocycles. The van der Waals surface area contributed by atoms with E-state index in [0.29, 0.717) is 18.2 Å². The van der Waals surface area contributed by atoms with Crippen molar-refractivity contribution in [2.45, 2.75) is 71.4 Å². The molecule has 170 valence electrons. The van der Waals surface area contributed by atoms with Crippen LogP contribution in [0.2, 0.25) is 0 Å². The quantitative estimate of drug-likeness (QED) is 0.537. The van der Waals surface area contributed by atoms with Crippen LogP contribution in [0.25, 0.3) is 0 Å². The lowest BCUT2D eigenvalue weighted by molar-refractivity contribution is -0.121. The highest BCUT2D eigenvalue weighted by Crippen LogP contribution is 2.24. The summed E-state index contributed by atoms with van der Waals surface area (Å²) >= 11 is 0. The summed E-state index contributed by atoms with van der Waals surface area (Å²) in [5.74, 6) is 0.187. The van der Waals surface area contributed by atoms with Crippen LogP contribution in [-0.4, -0.2) is 30.1 Å². The third-order valence-corrected chi connectivity index (χ3v) is 4.87. The molecular weight excluding hydrogens is 394 g/mol. The van der Waals surface area contributed by atoms with E-state index in [0.717, 1.165) is 18.4 Å². The van der Waals surface area contributed by atoms with Crippen molar-refractivity contribution in [1.29, 1.82) is 0 Å². The maximum Gasteiger partial charge on any atom is 0.407 e. The lowest BCUT2D eigenvalue weighted by Crippen LogP contribution is -2.35. The van der Waals surface area contributed by atoms with Crippen LogP contribution < -0.4 is 16.0 Å². The van der Waals surface area contributed by atoms with Gasteiger partial charge in [0.15, 0.2) is 0 Å². The molecule has 3 N–H and O–H groups in total. The fraction of sp³-hybridized carbons (Fsp3) is 0.542. The second kappa shape index (κ2) is 12.1. The van der Waals surface area contributed by atoms with Crippen molar-refractivity contribution < 1.29 is 19.1 Å². The number of rotatable bonds is 8. The van der Waals surface area contributed by atoms with Gasteiger partial charge >= 0.3 is 6.09 Å². The summed E-state index contributed by atoms with van der Waals surface area (Å²) in [4.78, 5) is 35.8. The summed E-state index contributed by atoms with van der Waals surface area (Å²) < 4.78 is 5.12. The number of hydrogen-bond donors (Lipinski definition) is 3. The molecule has 0 radical (unpaired) electrons. The maximum atomic E-state index is 12.2. The minimum Gasteiger partial charge on any atom is -0.444 e. The van der Waals surface area contributed by atoms with Crippen LogP contribution in [0.3, 0.4) is 0 Å². The minimum atomic E-state index is -0.571. The number of carbonyl (C=O) groups is 3. The fourth-order valence-corrected chi connectivity index (χ4v) is 3.37. The molecule has 1 saturated carbocycles. The number of allylic oxidation sites excluding steroid dienone is 1. The van der Waals surface area contributed by atoms with Gasteiger partial charge in [0.25, 0.3) is 0 Å². The van der Waals surface area contributed by atoms with Crippen LogP contribution in [0, 0.1) is 5.92 Å². The van der Waals surface area contributed by atoms with Crippen LogP contribution >= 0.6 is 0 Å². The van der Waals surface area contributed by atoms with E-state index >= 15 is 0 Å². The number of ether oxygens (including phenoxy) is 1. The Morgan fingerprint density at radius 2 is 1.84 bits per heavy atom. The molecule has 0 spiro atoms. The molecule has 0 saturated heterocycles. The molecule has 31 heavy (non-hydrogen) atoms. The van der Waals surface area contributed by atoms with E-state index in [1.807, 2.05) is 30.3 Å². The van der Waals surface area contributed by atoms with Gasteiger partial charge in [-0.05, 0) is 63.3 Å². The Balaban J connectivity index is 1.71. The predicted octanol–water partition coefficient (Wildman–Crippen LogP) is 4.29. The van der Waals surface area contributed by atoms with E-state index in [-0.39, 0.29) is 24.8 Å². The van der Waals surface area contributed by atoms with E-state index in [1.54, 1.807) is 26.8 Å². The smallest absolute Gasteiger partial charge is 0.407 e. The van der Waals surface area contributed by atoms with Gasteiger partial charge in [-0.1, -0.05) is 37.5 Å². The van der Waals surface area contributed by atoms with Crippen molar-refractivity contribution in [3.05, 3.63) is 42.0 Å². The number of carbonyl (C=O) groups excluding carboxylic acids is 3. The number of alkyl carbamates (subject to hydrolysis) is 1. The zero-order valence-corrected chi connectivity index (χ0v) is 18.8. The number of benzene rings is 1. The van der Waals surface area contributed by atoms with Crippen molar-refractivity contribution in [2.24, 2.45) is 5.92 Å². The van der Waals surface area contributed by atoms with E-state index in [1.165, 1.54) is 19.3 Å². The minimum absolute atomic E-state index is 0.139. The Labute approximate surface area is 185 Å². The molecular formula is C24H35N3O4. The summed E-state index contributed by atoms with van der Waals surface area (Å²) in [6.07, 6.45) is 9.34. The number of nitrogens with one attached hydrogen (secondary N) is 3. The molecule has 0 aromatic heterocycles. The van der Waals surface area contributed by atoms with E-state index in [4.69, 9.17) is 4.74 Å². The van der Waals surface area contributed by atoms with Gasteiger partial charge in [-0.25, -0.2) is 4.79 Å². The molecule has 0 bridgehead atoms. The standard InChI is InChI=1S/C24H35N3O4/c1-24(2,3)31-23(30)25-15-14-21(28)26-17-19-10-7-11-20(16-19)27-22(29)13-12-18-8-5-4-6-9-18/h7,10-13,16,18H,4-6,8-9,14-15,17H2,1-3H3,(H,25,30)(H,26,28)(H,27,29)/b13-12+. The second-order valence-electron chi connectivity index (χ2n) is 8.90. The Morgan fingerprint density at radius 1 is 1.10 bits per heavy atom. The summed E-state index contributed by atoms with van der Waals surface area (Å²) in [7, 11) is 0. The average Bonchev–Trinajstić information content (AvgIpc) is 2.70. The normalized spacial score (nSPS) is 14.8. The SMILES string of the molecule is CC(C)(C)OC(=O)NCCC(=O)NCc1cccc(NC(=O)/C=C/C2CCCCC2)c1. The van der Waals surface area contributed by atoms with Gasteiger partial charge in [0, 0.05) is 25.2 Å². The van der Waals surface area contributed by atoms with Crippen LogP contribution in [-0.2, 0) is 20.9 Å². The Kier molecular flexibility index (Phi) is 9.56. The van der Waals surface area contributed by atoms with Gasteiger partial charge < -0.3 is 20.7 Å². The monoisotopic (exact) mass is 429 g/mol. The van der Waals surface area contributed by atoms with Crippen molar-refractivity contribution >= 4 is 23.6 Å². The molecule has 1 aliphatic carbocycles. The van der Waals surface area contributed by atoms with Crippen molar-refractivity contribution in [3.8, 4) is 0 Å². The number of hydrogen-bond acceptors (Lipinski definition) is 4. The second-order valence-corrected chi connectivity index (χ2v) is 8.90. The van der Waals surface area contributed by atoms with E-state index in [2.05, 4.69) is 16.0 Å². The van der Waals surface area contributed by atoms with Gasteiger partial charge in [-0.3, -0.25) is 9.59 Å². The summed E-state index contributed by atoms with van der Waals surface area (Å²) in [6, 6.07) is 7.38. The van der Waals surface area contributed by atoms with Crippen LogP contribution in [0.4, 0.5) is 10.5 Å². The highest BCUT2D eigenvalue weighted by molar-refractivity contribution is 5.99. The van der Waals surface area contributed by atoms with Crippen molar-refractivity contribution in [3.63, 3.8) is 0 Å². The lowest BCUT2D eigenvalue weighted by atomic mass is 9.89. The lowest BCUT2D eigenvalue weighted by Gasteiger charge is -2.19. The van der Waals surface area contributed by atoms with Gasteiger partial charge in [0.1, 0.15) is 5.60 Å². The van der Waals surface area contributed by atoms with Gasteiger partial charge in [-0.15, -0.1) is 0 Å². The average molecular weight is 430 g/mol. The first-order chi connectivity index (χ1) is 14.7. The van der Waals surface area contributed by atoms with Gasteiger partial charge in [0.05, 0.1) is 0 Å². The molecule has 7 nitrogen and oxygen atoms in total. The highest BCUT2D eigenvalue weighted by atomic mass is 16.6. The predicted molar refractivity (Wildman–Crippen MR) is 121 cm³/mol. The van der Waals surface area contributed by atoms with E-state index in [9.17, 15) is 14.4 Å².